The zero-order valence-electron chi connectivity index (χ0n) is 14.9. The molecule has 0 amide bonds. The summed E-state index contributed by atoms with van der Waals surface area (Å²) in [5.74, 6) is 0.312. The molecule has 0 atom stereocenters. The maximum atomic E-state index is 14.5. The van der Waals surface area contributed by atoms with Gasteiger partial charge in [-0.15, -0.1) is 0 Å². The van der Waals surface area contributed by atoms with Gasteiger partial charge in [0.2, 0.25) is 5.09 Å². The second-order valence-electron chi connectivity index (χ2n) is 7.11. The van der Waals surface area contributed by atoms with Crippen LogP contribution in [0.2, 0.25) is 0 Å². The van der Waals surface area contributed by atoms with Gasteiger partial charge in [0.15, 0.2) is 0 Å². The Morgan fingerprint density at radius 3 is 2.65 bits per heavy atom. The van der Waals surface area contributed by atoms with Gasteiger partial charge in [-0.1, -0.05) is 6.07 Å². The second kappa shape index (κ2) is 6.70. The molecule has 3 heterocycles. The predicted molar refractivity (Wildman–Crippen MR) is 97.2 cm³/mol. The Kier molecular flexibility index (Phi) is 4.52. The third-order valence-electron chi connectivity index (χ3n) is 5.12. The van der Waals surface area contributed by atoms with Crippen LogP contribution in [0, 0.1) is 12.7 Å². The molecule has 1 saturated heterocycles. The van der Waals surface area contributed by atoms with Crippen LogP contribution >= 0.6 is 0 Å². The Morgan fingerprint density at radius 1 is 1.12 bits per heavy atom. The van der Waals surface area contributed by atoms with Crippen molar-refractivity contribution < 1.29 is 17.2 Å². The first-order valence-corrected chi connectivity index (χ1v) is 10.5. The van der Waals surface area contributed by atoms with Crippen molar-refractivity contribution in [3.05, 3.63) is 47.0 Å². The van der Waals surface area contributed by atoms with Crippen LogP contribution in [0.3, 0.4) is 0 Å². The average Bonchev–Trinajstić information content (AvgIpc) is 3.26. The smallest absolute Gasteiger partial charge is 0.276 e. The van der Waals surface area contributed by atoms with E-state index in [9.17, 15) is 12.8 Å². The number of hydrogen-bond donors (Lipinski definition) is 0. The molecule has 0 radical (unpaired) electrons. The molecule has 0 aliphatic carbocycles. The van der Waals surface area contributed by atoms with E-state index in [0.717, 1.165) is 43.4 Å². The topological polar surface area (TPSA) is 53.8 Å². The van der Waals surface area contributed by atoms with Gasteiger partial charge in [-0.2, -0.15) is 4.31 Å². The highest BCUT2D eigenvalue weighted by atomic mass is 32.2. The van der Waals surface area contributed by atoms with E-state index in [1.165, 1.54) is 10.4 Å². The van der Waals surface area contributed by atoms with Crippen LogP contribution in [0.4, 0.5) is 10.1 Å². The van der Waals surface area contributed by atoms with Gasteiger partial charge < -0.3 is 9.32 Å². The molecule has 2 aromatic rings. The van der Waals surface area contributed by atoms with Gasteiger partial charge in [0, 0.05) is 19.6 Å². The van der Waals surface area contributed by atoms with Gasteiger partial charge in [-0.3, -0.25) is 0 Å². The zero-order valence-corrected chi connectivity index (χ0v) is 15.7. The fourth-order valence-corrected chi connectivity index (χ4v) is 5.35. The quantitative estimate of drug-likeness (QED) is 0.818. The second-order valence-corrected chi connectivity index (χ2v) is 8.98. The summed E-state index contributed by atoms with van der Waals surface area (Å²) in [5.41, 5.74) is 2.53. The lowest BCUT2D eigenvalue weighted by molar-refractivity contribution is 0.386. The molecule has 0 N–H and O–H groups in total. The lowest BCUT2D eigenvalue weighted by Gasteiger charge is -2.31. The molecule has 4 rings (SSSR count). The number of rotatable bonds is 4. The molecule has 0 saturated carbocycles. The summed E-state index contributed by atoms with van der Waals surface area (Å²) < 4.78 is 46.8. The average molecular weight is 378 g/mol. The number of benzene rings is 1. The Balaban J connectivity index is 1.58. The van der Waals surface area contributed by atoms with Crippen LogP contribution in [0.25, 0.3) is 0 Å². The monoisotopic (exact) mass is 378 g/mol. The number of anilines is 1. The Hall–Kier alpha value is -1.86. The summed E-state index contributed by atoms with van der Waals surface area (Å²) in [6, 6.07) is 6.77. The van der Waals surface area contributed by atoms with E-state index in [-0.39, 0.29) is 10.9 Å². The molecule has 0 bridgehead atoms. The van der Waals surface area contributed by atoms with E-state index in [1.54, 1.807) is 12.1 Å². The van der Waals surface area contributed by atoms with Crippen molar-refractivity contribution >= 4 is 15.7 Å². The first kappa shape index (κ1) is 17.5. The fourth-order valence-electron chi connectivity index (χ4n) is 3.91. The van der Waals surface area contributed by atoms with Crippen molar-refractivity contribution in [1.29, 1.82) is 0 Å². The first-order chi connectivity index (χ1) is 12.4. The third-order valence-corrected chi connectivity index (χ3v) is 6.89. The number of hydrogen-bond acceptors (Lipinski definition) is 4. The summed E-state index contributed by atoms with van der Waals surface area (Å²) in [4.78, 5) is 1.94. The van der Waals surface area contributed by atoms with Crippen LogP contribution in [-0.4, -0.2) is 32.4 Å². The van der Waals surface area contributed by atoms with E-state index >= 15 is 0 Å². The number of aryl methyl sites for hydroxylation is 2. The van der Waals surface area contributed by atoms with Gasteiger partial charge in [0.05, 0.1) is 12.2 Å². The first-order valence-electron chi connectivity index (χ1n) is 9.08. The van der Waals surface area contributed by atoms with Gasteiger partial charge in [-0.05, 0) is 61.9 Å². The number of furan rings is 1. The van der Waals surface area contributed by atoms with Crippen LogP contribution in [0.15, 0.2) is 33.8 Å². The van der Waals surface area contributed by atoms with Crippen LogP contribution in [0.5, 0.6) is 0 Å². The lowest BCUT2D eigenvalue weighted by Crippen LogP contribution is -2.30. The zero-order chi connectivity index (χ0) is 18.3. The molecule has 1 aromatic carbocycles. The van der Waals surface area contributed by atoms with Crippen molar-refractivity contribution in [1.82, 2.24) is 4.31 Å². The van der Waals surface area contributed by atoms with E-state index in [2.05, 4.69) is 0 Å². The molecule has 26 heavy (non-hydrogen) atoms. The molecule has 1 fully saturated rings. The summed E-state index contributed by atoms with van der Waals surface area (Å²) >= 11 is 0. The SMILES string of the molecule is Cc1cc(F)c2c(c1)CCCN2Cc1ccc(S(=O)(=O)N2CCCC2)o1. The number of sulfonamides is 1. The van der Waals surface area contributed by atoms with E-state index in [4.69, 9.17) is 4.42 Å². The predicted octanol–water partition coefficient (Wildman–Crippen LogP) is 3.46. The number of fused-ring (bicyclic) bond motifs is 1. The minimum Gasteiger partial charge on any atom is -0.446 e. The maximum absolute atomic E-state index is 14.5. The summed E-state index contributed by atoms with van der Waals surface area (Å²) in [6.45, 7) is 4.07. The minimum absolute atomic E-state index is 0.0176. The summed E-state index contributed by atoms with van der Waals surface area (Å²) in [5, 5.41) is -0.0176. The normalized spacial score (nSPS) is 18.3. The molecular formula is C19H23FN2O3S. The molecule has 2 aliphatic rings. The summed E-state index contributed by atoms with van der Waals surface area (Å²) in [7, 11) is -3.56. The minimum atomic E-state index is -3.56. The van der Waals surface area contributed by atoms with Crippen LogP contribution in [0.1, 0.15) is 36.1 Å². The van der Waals surface area contributed by atoms with Gasteiger partial charge >= 0.3 is 0 Å². The highest BCUT2D eigenvalue weighted by molar-refractivity contribution is 7.89. The van der Waals surface area contributed by atoms with Gasteiger partial charge in [-0.25, -0.2) is 12.8 Å². The van der Waals surface area contributed by atoms with E-state index < -0.39 is 10.0 Å². The van der Waals surface area contributed by atoms with E-state index in [0.29, 0.717) is 31.1 Å². The molecular weight excluding hydrogens is 355 g/mol. The fraction of sp³-hybridized carbons (Fsp3) is 0.474. The van der Waals surface area contributed by atoms with Crippen molar-refractivity contribution in [3.8, 4) is 0 Å². The summed E-state index contributed by atoms with van der Waals surface area (Å²) in [6.07, 6.45) is 3.57. The van der Waals surface area contributed by atoms with Crippen LogP contribution in [-0.2, 0) is 23.0 Å². The van der Waals surface area contributed by atoms with Crippen LogP contribution < -0.4 is 4.90 Å². The molecule has 1 aromatic heterocycles. The van der Waals surface area contributed by atoms with Gasteiger partial charge in [0.25, 0.3) is 10.0 Å². The Bertz CT molecular complexity index is 917. The maximum Gasteiger partial charge on any atom is 0.276 e. The van der Waals surface area contributed by atoms with Crippen molar-refractivity contribution in [2.24, 2.45) is 0 Å². The van der Waals surface area contributed by atoms with Crippen molar-refractivity contribution in [3.63, 3.8) is 0 Å². The third kappa shape index (κ3) is 3.14. The lowest BCUT2D eigenvalue weighted by atomic mass is 9.99. The van der Waals surface area contributed by atoms with E-state index in [1.807, 2.05) is 17.9 Å². The standard InChI is InChI=1S/C19H23FN2O3S/c1-14-11-15-5-4-8-21(19(15)17(20)12-14)13-16-6-7-18(25-16)26(23,24)22-9-2-3-10-22/h6-7,11-12H,2-5,8-10,13H2,1H3. The molecule has 7 heteroatoms. The van der Waals surface area contributed by atoms with Crippen molar-refractivity contribution in [2.45, 2.75) is 44.2 Å². The highest BCUT2D eigenvalue weighted by Gasteiger charge is 2.30. The Morgan fingerprint density at radius 2 is 1.88 bits per heavy atom. The largest absolute Gasteiger partial charge is 0.446 e. The molecule has 0 spiro atoms. The molecule has 5 nitrogen and oxygen atoms in total. The number of halogens is 1. The Labute approximate surface area is 153 Å². The molecule has 140 valence electrons. The van der Waals surface area contributed by atoms with Gasteiger partial charge in [0.1, 0.15) is 11.6 Å². The number of nitrogens with zero attached hydrogens (tertiary/aromatic N) is 2. The molecule has 0 unspecified atom stereocenters. The highest BCUT2D eigenvalue weighted by Crippen LogP contribution is 2.33. The van der Waals surface area contributed by atoms with Crippen molar-refractivity contribution in [2.75, 3.05) is 24.5 Å². The molecule has 2 aliphatic heterocycles.